The number of furan rings is 1. The average molecular weight is 386 g/mol. The number of ether oxygens (including phenoxy) is 1. The second-order valence-corrected chi connectivity index (χ2v) is 5.46. The van der Waals surface area contributed by atoms with Crippen LogP contribution in [0.3, 0.4) is 0 Å². The zero-order chi connectivity index (χ0) is 20.0. The second kappa shape index (κ2) is 8.43. The molecular formula is C16H17F3N4O4. The Morgan fingerprint density at radius 2 is 2.00 bits per heavy atom. The van der Waals surface area contributed by atoms with Crippen molar-refractivity contribution in [2.75, 3.05) is 6.61 Å². The molecule has 146 valence electrons. The van der Waals surface area contributed by atoms with Crippen molar-refractivity contribution in [1.82, 2.24) is 21.2 Å². The van der Waals surface area contributed by atoms with Gasteiger partial charge in [-0.3, -0.25) is 10.2 Å². The molecular weight excluding hydrogens is 369 g/mol. The minimum absolute atomic E-state index is 0.160. The number of urea groups is 1. The fraction of sp³-hybridized carbons (Fsp3) is 0.312. The van der Waals surface area contributed by atoms with Gasteiger partial charge in [-0.05, 0) is 26.0 Å². The topological polar surface area (TPSA) is 105 Å². The zero-order valence-corrected chi connectivity index (χ0v) is 14.4. The molecule has 3 N–H and O–H groups in total. The number of pyridine rings is 1. The van der Waals surface area contributed by atoms with Crippen molar-refractivity contribution in [1.29, 1.82) is 0 Å². The van der Waals surface area contributed by atoms with E-state index in [0.717, 1.165) is 0 Å². The molecule has 0 saturated heterocycles. The monoisotopic (exact) mass is 386 g/mol. The van der Waals surface area contributed by atoms with E-state index in [9.17, 15) is 22.8 Å². The summed E-state index contributed by atoms with van der Waals surface area (Å²) in [6.07, 6.45) is -3.24. The van der Waals surface area contributed by atoms with Gasteiger partial charge in [-0.25, -0.2) is 15.2 Å². The van der Waals surface area contributed by atoms with Gasteiger partial charge in [0.05, 0.1) is 5.56 Å². The van der Waals surface area contributed by atoms with Gasteiger partial charge in [0.2, 0.25) is 5.88 Å². The van der Waals surface area contributed by atoms with Crippen LogP contribution in [0.15, 0.2) is 28.8 Å². The summed E-state index contributed by atoms with van der Waals surface area (Å²) in [6.45, 7) is 1.62. The molecule has 0 spiro atoms. The Kier molecular flexibility index (Phi) is 6.27. The number of hydrazine groups is 1. The number of alkyl halides is 3. The summed E-state index contributed by atoms with van der Waals surface area (Å²) < 4.78 is 46.6. The fourth-order valence-corrected chi connectivity index (χ4v) is 2.10. The lowest BCUT2D eigenvalue weighted by Crippen LogP contribution is -2.46. The lowest BCUT2D eigenvalue weighted by atomic mass is 10.2. The van der Waals surface area contributed by atoms with Gasteiger partial charge in [0.1, 0.15) is 11.5 Å². The Hall–Kier alpha value is -3.24. The van der Waals surface area contributed by atoms with Crippen molar-refractivity contribution in [3.63, 3.8) is 0 Å². The maximum atomic E-state index is 12.3. The number of nitrogens with zero attached hydrogens (tertiary/aromatic N) is 1. The number of hydrogen-bond acceptors (Lipinski definition) is 5. The predicted molar refractivity (Wildman–Crippen MR) is 86.8 cm³/mol. The van der Waals surface area contributed by atoms with E-state index in [0.29, 0.717) is 11.5 Å². The molecule has 0 aliphatic rings. The molecule has 0 fully saturated rings. The number of amides is 3. The molecule has 0 unspecified atom stereocenters. The summed E-state index contributed by atoms with van der Waals surface area (Å²) >= 11 is 0. The van der Waals surface area contributed by atoms with Crippen molar-refractivity contribution in [3.05, 3.63) is 47.0 Å². The molecule has 2 rings (SSSR count). The fourth-order valence-electron chi connectivity index (χ4n) is 2.10. The van der Waals surface area contributed by atoms with E-state index in [1.54, 1.807) is 13.8 Å². The molecule has 0 aliphatic carbocycles. The normalized spacial score (nSPS) is 11.0. The molecule has 11 heteroatoms. The van der Waals surface area contributed by atoms with Crippen LogP contribution in [0.2, 0.25) is 0 Å². The van der Waals surface area contributed by atoms with Gasteiger partial charge >= 0.3 is 12.2 Å². The Morgan fingerprint density at radius 3 is 2.63 bits per heavy atom. The highest BCUT2D eigenvalue weighted by molar-refractivity contribution is 5.96. The third-order valence-electron chi connectivity index (χ3n) is 3.24. The van der Waals surface area contributed by atoms with Crippen molar-refractivity contribution in [2.24, 2.45) is 0 Å². The van der Waals surface area contributed by atoms with Gasteiger partial charge in [0.15, 0.2) is 6.61 Å². The van der Waals surface area contributed by atoms with Crippen LogP contribution in [0.5, 0.6) is 5.88 Å². The maximum Gasteiger partial charge on any atom is 0.422 e. The molecule has 0 radical (unpaired) electrons. The van der Waals surface area contributed by atoms with E-state index in [-0.39, 0.29) is 23.6 Å². The van der Waals surface area contributed by atoms with Crippen LogP contribution in [0.25, 0.3) is 0 Å². The molecule has 0 aliphatic heterocycles. The zero-order valence-electron chi connectivity index (χ0n) is 14.4. The lowest BCUT2D eigenvalue weighted by molar-refractivity contribution is -0.154. The molecule has 2 heterocycles. The molecule has 3 amide bonds. The summed E-state index contributed by atoms with van der Waals surface area (Å²) in [5.74, 6) is 0.123. The molecule has 2 aromatic rings. The second-order valence-electron chi connectivity index (χ2n) is 5.46. The largest absolute Gasteiger partial charge is 0.468 e. The molecule has 2 aromatic heterocycles. The van der Waals surface area contributed by atoms with Gasteiger partial charge in [-0.1, -0.05) is 6.07 Å². The predicted octanol–water partition coefficient (Wildman–Crippen LogP) is 2.38. The average Bonchev–Trinajstić information content (AvgIpc) is 2.94. The molecule has 0 atom stereocenters. The SMILES string of the molecule is Cc1cc(C(=O)NNC(=O)NCc2cccnc2OCC(F)(F)F)c(C)o1. The highest BCUT2D eigenvalue weighted by Crippen LogP contribution is 2.19. The first-order valence-corrected chi connectivity index (χ1v) is 7.70. The Labute approximate surface area is 152 Å². The first-order valence-electron chi connectivity index (χ1n) is 7.70. The first-order chi connectivity index (χ1) is 12.7. The van der Waals surface area contributed by atoms with Crippen LogP contribution in [0.4, 0.5) is 18.0 Å². The van der Waals surface area contributed by atoms with E-state index in [4.69, 9.17) is 4.42 Å². The van der Waals surface area contributed by atoms with Crippen molar-refractivity contribution >= 4 is 11.9 Å². The minimum Gasteiger partial charge on any atom is -0.468 e. The number of halogens is 3. The highest BCUT2D eigenvalue weighted by atomic mass is 19.4. The first kappa shape index (κ1) is 20.1. The molecule has 0 aromatic carbocycles. The Balaban J connectivity index is 1.85. The number of aromatic nitrogens is 1. The Bertz CT molecular complexity index is 820. The van der Waals surface area contributed by atoms with Crippen LogP contribution in [-0.4, -0.2) is 29.7 Å². The summed E-state index contributed by atoms with van der Waals surface area (Å²) in [7, 11) is 0. The van der Waals surface area contributed by atoms with Crippen LogP contribution < -0.4 is 20.9 Å². The van der Waals surface area contributed by atoms with Crippen LogP contribution >= 0.6 is 0 Å². The third kappa shape index (κ3) is 6.20. The third-order valence-corrected chi connectivity index (χ3v) is 3.24. The van der Waals surface area contributed by atoms with Gasteiger partial charge in [-0.15, -0.1) is 0 Å². The number of carbonyl (C=O) groups excluding carboxylic acids is 2. The molecule has 27 heavy (non-hydrogen) atoms. The van der Waals surface area contributed by atoms with Crippen LogP contribution in [-0.2, 0) is 6.54 Å². The number of rotatable bonds is 5. The van der Waals surface area contributed by atoms with Crippen molar-refractivity contribution < 1.29 is 31.9 Å². The summed E-state index contributed by atoms with van der Waals surface area (Å²) in [4.78, 5) is 27.4. The number of carbonyl (C=O) groups is 2. The summed E-state index contributed by atoms with van der Waals surface area (Å²) in [5, 5.41) is 2.37. The standard InChI is InChI=1S/C16H17F3N4O4/c1-9-6-12(10(2)27-9)13(24)22-23-15(25)21-7-11-4-3-5-20-14(11)26-8-16(17,18)19/h3-6H,7-8H2,1-2H3,(H,22,24)(H2,21,23,25). The van der Waals surface area contributed by atoms with Crippen LogP contribution in [0.1, 0.15) is 27.4 Å². The maximum absolute atomic E-state index is 12.3. The minimum atomic E-state index is -4.51. The Morgan fingerprint density at radius 1 is 1.26 bits per heavy atom. The van der Waals surface area contributed by atoms with Gasteiger partial charge in [-0.2, -0.15) is 13.2 Å². The lowest BCUT2D eigenvalue weighted by Gasteiger charge is -2.13. The van der Waals surface area contributed by atoms with Gasteiger partial charge < -0.3 is 14.5 Å². The van der Waals surface area contributed by atoms with Crippen molar-refractivity contribution in [2.45, 2.75) is 26.6 Å². The summed E-state index contributed by atoms with van der Waals surface area (Å²) in [5.41, 5.74) is 4.83. The number of aryl methyl sites for hydroxylation is 2. The van der Waals surface area contributed by atoms with Crippen molar-refractivity contribution in [3.8, 4) is 5.88 Å². The highest BCUT2D eigenvalue weighted by Gasteiger charge is 2.29. The summed E-state index contributed by atoms with van der Waals surface area (Å²) in [6, 6.07) is 3.69. The van der Waals surface area contributed by atoms with E-state index in [2.05, 4.69) is 25.9 Å². The van der Waals surface area contributed by atoms with E-state index in [1.807, 2.05) is 0 Å². The van der Waals surface area contributed by atoms with E-state index >= 15 is 0 Å². The smallest absolute Gasteiger partial charge is 0.422 e. The number of hydrogen-bond donors (Lipinski definition) is 3. The van der Waals surface area contributed by atoms with E-state index < -0.39 is 24.7 Å². The number of nitrogens with one attached hydrogen (secondary N) is 3. The quantitative estimate of drug-likeness (QED) is 0.685. The molecule has 0 bridgehead atoms. The van der Waals surface area contributed by atoms with E-state index in [1.165, 1.54) is 24.4 Å². The molecule has 0 saturated carbocycles. The van der Waals surface area contributed by atoms with Gasteiger partial charge in [0, 0.05) is 18.3 Å². The van der Waals surface area contributed by atoms with Gasteiger partial charge in [0.25, 0.3) is 5.91 Å². The van der Waals surface area contributed by atoms with Crippen LogP contribution in [0, 0.1) is 13.8 Å². The molecule has 8 nitrogen and oxygen atoms in total.